The number of aromatic amines is 1. The predicted molar refractivity (Wildman–Crippen MR) is 117 cm³/mol. The van der Waals surface area contributed by atoms with Crippen molar-refractivity contribution in [3.63, 3.8) is 0 Å². The van der Waals surface area contributed by atoms with E-state index in [4.69, 9.17) is 5.73 Å². The van der Waals surface area contributed by atoms with Crippen molar-refractivity contribution in [3.05, 3.63) is 84.5 Å². The first-order chi connectivity index (χ1) is 14.0. The van der Waals surface area contributed by atoms with E-state index in [1.165, 1.54) is 0 Å². The van der Waals surface area contributed by atoms with Crippen molar-refractivity contribution in [1.82, 2.24) is 15.4 Å². The molecule has 0 saturated heterocycles. The first kappa shape index (κ1) is 18.2. The maximum atomic E-state index is 12.7. The zero-order valence-corrected chi connectivity index (χ0v) is 15.9. The molecular formula is C22H20N6O. The molecule has 2 heterocycles. The van der Waals surface area contributed by atoms with Crippen molar-refractivity contribution in [1.29, 1.82) is 0 Å². The van der Waals surface area contributed by atoms with Crippen molar-refractivity contribution in [3.8, 4) is 0 Å². The summed E-state index contributed by atoms with van der Waals surface area (Å²) in [6.07, 6.45) is 1.73. The van der Waals surface area contributed by atoms with Crippen LogP contribution in [0.5, 0.6) is 0 Å². The van der Waals surface area contributed by atoms with Gasteiger partial charge in [0.2, 0.25) is 0 Å². The number of benzene rings is 2. The van der Waals surface area contributed by atoms with E-state index in [-0.39, 0.29) is 11.7 Å². The third kappa shape index (κ3) is 3.93. The fourth-order valence-electron chi connectivity index (χ4n) is 3.04. The van der Waals surface area contributed by atoms with Gasteiger partial charge in [0, 0.05) is 28.2 Å². The maximum absolute atomic E-state index is 12.7. The van der Waals surface area contributed by atoms with Crippen molar-refractivity contribution in [2.24, 2.45) is 10.8 Å². The molecule has 4 rings (SSSR count). The van der Waals surface area contributed by atoms with Gasteiger partial charge in [-0.25, -0.2) is 0 Å². The van der Waals surface area contributed by atoms with Crippen LogP contribution in [0.15, 0.2) is 78.3 Å². The number of anilines is 1. The number of amides is 1. The van der Waals surface area contributed by atoms with Crippen LogP contribution in [-0.4, -0.2) is 21.6 Å². The predicted octanol–water partition coefficient (Wildman–Crippen LogP) is 3.71. The standard InChI is InChI=1S/C22H20N6O/c1-13(27-28-14(2)23)16-6-8-19-17(10-16)11-21(26-19)22(29)25-18-7-5-15-4-3-9-24-20(15)12-18/h3-12,26,28H,2,23H2,1H3,(H,25,29)/b27-13+. The van der Waals surface area contributed by atoms with Crippen LogP contribution in [0.3, 0.4) is 0 Å². The molecule has 0 aliphatic carbocycles. The van der Waals surface area contributed by atoms with Gasteiger partial charge in [0.1, 0.15) is 11.5 Å². The monoisotopic (exact) mass is 384 g/mol. The Kier molecular flexibility index (Phi) is 4.70. The summed E-state index contributed by atoms with van der Waals surface area (Å²) in [5.41, 5.74) is 12.7. The van der Waals surface area contributed by atoms with E-state index in [0.29, 0.717) is 11.4 Å². The second kappa shape index (κ2) is 7.47. The minimum Gasteiger partial charge on any atom is -0.385 e. The van der Waals surface area contributed by atoms with Crippen LogP contribution in [0.2, 0.25) is 0 Å². The molecule has 0 spiro atoms. The lowest BCUT2D eigenvalue weighted by Crippen LogP contribution is -2.14. The molecule has 0 bridgehead atoms. The number of rotatable bonds is 5. The molecule has 1 amide bonds. The summed E-state index contributed by atoms with van der Waals surface area (Å²) in [5, 5.41) is 9.02. The zero-order valence-electron chi connectivity index (χ0n) is 15.9. The van der Waals surface area contributed by atoms with Crippen molar-refractivity contribution in [2.45, 2.75) is 6.92 Å². The fourth-order valence-corrected chi connectivity index (χ4v) is 3.04. The lowest BCUT2D eigenvalue weighted by atomic mass is 10.1. The van der Waals surface area contributed by atoms with E-state index in [0.717, 1.165) is 33.1 Å². The van der Waals surface area contributed by atoms with Crippen molar-refractivity contribution >= 4 is 39.1 Å². The lowest BCUT2D eigenvalue weighted by molar-refractivity contribution is 0.102. The average Bonchev–Trinajstić information content (AvgIpc) is 3.15. The van der Waals surface area contributed by atoms with Gasteiger partial charge in [-0.3, -0.25) is 15.2 Å². The number of hydrogen-bond acceptors (Lipinski definition) is 5. The van der Waals surface area contributed by atoms with Crippen LogP contribution in [0.25, 0.3) is 21.8 Å². The Morgan fingerprint density at radius 2 is 2.00 bits per heavy atom. The highest BCUT2D eigenvalue weighted by Gasteiger charge is 2.11. The molecule has 0 atom stereocenters. The quantitative estimate of drug-likeness (QED) is 0.311. The van der Waals surface area contributed by atoms with Gasteiger partial charge in [-0.2, -0.15) is 5.10 Å². The maximum Gasteiger partial charge on any atom is 0.272 e. The van der Waals surface area contributed by atoms with Crippen LogP contribution in [0.1, 0.15) is 23.0 Å². The van der Waals surface area contributed by atoms with E-state index in [2.05, 4.69) is 32.4 Å². The number of nitrogens with one attached hydrogen (secondary N) is 3. The molecule has 7 nitrogen and oxygen atoms in total. The Balaban J connectivity index is 1.57. The highest BCUT2D eigenvalue weighted by molar-refractivity contribution is 6.08. The number of aromatic nitrogens is 2. The molecule has 0 radical (unpaired) electrons. The number of nitrogens with zero attached hydrogens (tertiary/aromatic N) is 2. The number of pyridine rings is 1. The molecule has 0 fully saturated rings. The minimum atomic E-state index is -0.218. The Morgan fingerprint density at radius 3 is 2.83 bits per heavy atom. The van der Waals surface area contributed by atoms with E-state index < -0.39 is 0 Å². The third-order valence-electron chi connectivity index (χ3n) is 4.51. The van der Waals surface area contributed by atoms with Gasteiger partial charge in [-0.05, 0) is 48.9 Å². The average molecular weight is 384 g/mol. The van der Waals surface area contributed by atoms with Crippen molar-refractivity contribution in [2.75, 3.05) is 5.32 Å². The molecule has 144 valence electrons. The van der Waals surface area contributed by atoms with Gasteiger partial charge >= 0.3 is 0 Å². The summed E-state index contributed by atoms with van der Waals surface area (Å²) in [5.74, 6) is 0.0550. The van der Waals surface area contributed by atoms with Crippen LogP contribution in [0.4, 0.5) is 5.69 Å². The molecule has 0 saturated carbocycles. The third-order valence-corrected chi connectivity index (χ3v) is 4.51. The SMILES string of the molecule is C=C(N)N/N=C(\C)c1ccc2[nH]c(C(=O)Nc3ccc4cccnc4c3)cc2c1. The van der Waals surface area contributed by atoms with Gasteiger partial charge in [-0.1, -0.05) is 24.8 Å². The Hall–Kier alpha value is -4.13. The molecule has 5 N–H and O–H groups in total. The molecule has 0 unspecified atom stereocenters. The number of hydrogen-bond donors (Lipinski definition) is 4. The zero-order chi connectivity index (χ0) is 20.4. The van der Waals surface area contributed by atoms with E-state index in [1.54, 1.807) is 6.20 Å². The van der Waals surface area contributed by atoms with E-state index >= 15 is 0 Å². The number of H-pyrrole nitrogens is 1. The fraction of sp³-hybridized carbons (Fsp3) is 0.0455. The second-order valence-corrected chi connectivity index (χ2v) is 6.68. The number of hydrazone groups is 1. The van der Waals surface area contributed by atoms with Crippen LogP contribution in [-0.2, 0) is 0 Å². The lowest BCUT2D eigenvalue weighted by Gasteiger charge is -2.05. The van der Waals surface area contributed by atoms with E-state index in [1.807, 2.05) is 61.5 Å². The highest BCUT2D eigenvalue weighted by atomic mass is 16.1. The Labute approximate surface area is 167 Å². The Morgan fingerprint density at radius 1 is 1.14 bits per heavy atom. The van der Waals surface area contributed by atoms with Gasteiger partial charge in [0.25, 0.3) is 5.91 Å². The van der Waals surface area contributed by atoms with Crippen LogP contribution < -0.4 is 16.5 Å². The molecule has 29 heavy (non-hydrogen) atoms. The summed E-state index contributed by atoms with van der Waals surface area (Å²) in [6.45, 7) is 5.42. The summed E-state index contributed by atoms with van der Waals surface area (Å²) in [7, 11) is 0. The summed E-state index contributed by atoms with van der Waals surface area (Å²) >= 11 is 0. The van der Waals surface area contributed by atoms with Gasteiger partial charge in [0.15, 0.2) is 0 Å². The molecule has 0 aliphatic heterocycles. The first-order valence-electron chi connectivity index (χ1n) is 9.03. The smallest absolute Gasteiger partial charge is 0.272 e. The van der Waals surface area contributed by atoms with Gasteiger partial charge in [0.05, 0.1) is 11.2 Å². The number of carbonyl (C=O) groups is 1. The summed E-state index contributed by atoms with van der Waals surface area (Å²) in [4.78, 5) is 20.2. The van der Waals surface area contributed by atoms with Crippen LogP contribution in [0, 0.1) is 0 Å². The van der Waals surface area contributed by atoms with Gasteiger partial charge in [-0.15, -0.1) is 0 Å². The van der Waals surface area contributed by atoms with Crippen LogP contribution >= 0.6 is 0 Å². The molecule has 7 heteroatoms. The van der Waals surface area contributed by atoms with E-state index in [9.17, 15) is 4.79 Å². The Bertz CT molecular complexity index is 1270. The second-order valence-electron chi connectivity index (χ2n) is 6.68. The molecular weight excluding hydrogens is 364 g/mol. The number of fused-ring (bicyclic) bond motifs is 2. The minimum absolute atomic E-state index is 0.218. The summed E-state index contributed by atoms with van der Waals surface area (Å²) in [6, 6.07) is 17.1. The molecule has 0 aliphatic rings. The van der Waals surface area contributed by atoms with Crippen molar-refractivity contribution < 1.29 is 4.79 Å². The first-order valence-corrected chi connectivity index (χ1v) is 9.03. The topological polar surface area (TPSA) is 108 Å². The largest absolute Gasteiger partial charge is 0.385 e. The normalized spacial score (nSPS) is 11.6. The number of nitrogens with two attached hydrogens (primary N) is 1. The molecule has 2 aromatic heterocycles. The highest BCUT2D eigenvalue weighted by Crippen LogP contribution is 2.20. The van der Waals surface area contributed by atoms with Gasteiger partial charge < -0.3 is 16.0 Å². The molecule has 2 aromatic carbocycles. The molecule has 4 aromatic rings. The number of carbonyl (C=O) groups excluding carboxylic acids is 1. The summed E-state index contributed by atoms with van der Waals surface area (Å²) < 4.78 is 0.